The quantitative estimate of drug-likeness (QED) is 0.799. The van der Waals surface area contributed by atoms with E-state index >= 15 is 0 Å². The number of hydrogen-bond donors (Lipinski definition) is 1. The summed E-state index contributed by atoms with van der Waals surface area (Å²) in [5.74, 6) is 0. The first-order chi connectivity index (χ1) is 7.07. The van der Waals surface area contributed by atoms with Crippen LogP contribution in [-0.4, -0.2) is 14.7 Å². The second kappa shape index (κ2) is 4.94. The molecule has 15 heavy (non-hydrogen) atoms. The molecule has 0 aromatic carbocycles. The van der Waals surface area contributed by atoms with Crippen molar-refractivity contribution in [2.45, 2.75) is 39.8 Å². The van der Waals surface area contributed by atoms with Crippen molar-refractivity contribution in [3.63, 3.8) is 0 Å². The average Bonchev–Trinajstić information content (AvgIpc) is 2.66. The van der Waals surface area contributed by atoms with Crippen LogP contribution in [0.4, 0.5) is 0 Å². The summed E-state index contributed by atoms with van der Waals surface area (Å²) in [6.45, 7) is 4.72. The van der Waals surface area contributed by atoms with Crippen LogP contribution in [0.5, 0.6) is 0 Å². The zero-order chi connectivity index (χ0) is 11.3. The van der Waals surface area contributed by atoms with Gasteiger partial charge in [0.2, 0.25) is 0 Å². The van der Waals surface area contributed by atoms with Gasteiger partial charge in [-0.15, -0.1) is 0 Å². The zero-order valence-electron chi connectivity index (χ0n) is 9.27. The summed E-state index contributed by atoms with van der Waals surface area (Å²) in [7, 11) is 0. The highest BCUT2D eigenvalue weighted by atomic mass is 16.3. The van der Waals surface area contributed by atoms with Crippen molar-refractivity contribution < 1.29 is 5.11 Å². The van der Waals surface area contributed by atoms with Crippen LogP contribution in [0, 0.1) is 16.7 Å². The van der Waals surface area contributed by atoms with Crippen molar-refractivity contribution in [1.29, 1.82) is 5.26 Å². The smallest absolute Gasteiger partial charge is 0.0950 e. The standard InChI is InChI=1S/C11H17N3O/c1-11(2,8-12)4-3-5-14-6-10(7-15)13-9-14/h6,9,15H,3-5,7H2,1-2H3. The average molecular weight is 207 g/mol. The van der Waals surface area contributed by atoms with E-state index in [4.69, 9.17) is 10.4 Å². The third-order valence-electron chi connectivity index (χ3n) is 2.37. The predicted octanol–water partition coefficient (Wildman–Crippen LogP) is 1.71. The molecule has 1 N–H and O–H groups in total. The molecule has 1 rings (SSSR count). The summed E-state index contributed by atoms with van der Waals surface area (Å²) in [6.07, 6.45) is 5.36. The number of aliphatic hydroxyl groups excluding tert-OH is 1. The molecule has 4 heteroatoms. The highest BCUT2D eigenvalue weighted by molar-refractivity contribution is 4.95. The molecular weight excluding hydrogens is 190 g/mol. The van der Waals surface area contributed by atoms with Crippen molar-refractivity contribution in [1.82, 2.24) is 9.55 Å². The van der Waals surface area contributed by atoms with Crippen molar-refractivity contribution in [3.8, 4) is 6.07 Å². The van der Waals surface area contributed by atoms with Crippen LogP contribution in [0.15, 0.2) is 12.5 Å². The van der Waals surface area contributed by atoms with Crippen LogP contribution in [0.2, 0.25) is 0 Å². The van der Waals surface area contributed by atoms with Gasteiger partial charge < -0.3 is 9.67 Å². The van der Waals surface area contributed by atoms with Gasteiger partial charge in [0.15, 0.2) is 0 Å². The molecule has 82 valence electrons. The molecule has 0 spiro atoms. The minimum Gasteiger partial charge on any atom is -0.390 e. The predicted molar refractivity (Wildman–Crippen MR) is 56.8 cm³/mol. The first-order valence-corrected chi connectivity index (χ1v) is 5.10. The maximum atomic E-state index is 8.83. The van der Waals surface area contributed by atoms with Crippen molar-refractivity contribution in [2.75, 3.05) is 0 Å². The molecule has 1 heterocycles. The summed E-state index contributed by atoms with van der Waals surface area (Å²) in [6, 6.07) is 2.28. The number of nitriles is 1. The number of hydrogen-bond acceptors (Lipinski definition) is 3. The third-order valence-corrected chi connectivity index (χ3v) is 2.37. The fourth-order valence-corrected chi connectivity index (χ4v) is 1.37. The highest BCUT2D eigenvalue weighted by Gasteiger charge is 2.15. The highest BCUT2D eigenvalue weighted by Crippen LogP contribution is 2.20. The van der Waals surface area contributed by atoms with Gasteiger partial charge >= 0.3 is 0 Å². The Kier molecular flexibility index (Phi) is 3.87. The van der Waals surface area contributed by atoms with E-state index in [1.807, 2.05) is 24.6 Å². The fourth-order valence-electron chi connectivity index (χ4n) is 1.37. The first-order valence-electron chi connectivity index (χ1n) is 5.10. The second-order valence-corrected chi connectivity index (χ2v) is 4.36. The third kappa shape index (κ3) is 3.72. The van der Waals surface area contributed by atoms with E-state index in [1.54, 1.807) is 6.33 Å². The number of aryl methyl sites for hydroxylation is 1. The van der Waals surface area contributed by atoms with Crippen LogP contribution in [0.1, 0.15) is 32.4 Å². The van der Waals surface area contributed by atoms with E-state index in [0.717, 1.165) is 19.4 Å². The summed E-state index contributed by atoms with van der Waals surface area (Å²) < 4.78 is 1.94. The van der Waals surface area contributed by atoms with Crippen LogP contribution >= 0.6 is 0 Å². The summed E-state index contributed by atoms with van der Waals surface area (Å²) >= 11 is 0. The number of aromatic nitrogens is 2. The molecule has 0 aliphatic carbocycles. The lowest BCUT2D eigenvalue weighted by molar-refractivity contribution is 0.277. The molecule has 0 radical (unpaired) electrons. The molecule has 1 aromatic heterocycles. The van der Waals surface area contributed by atoms with Gasteiger partial charge in [0, 0.05) is 12.7 Å². The Morgan fingerprint density at radius 3 is 2.87 bits per heavy atom. The van der Waals surface area contributed by atoms with Gasteiger partial charge in [0.1, 0.15) is 0 Å². The molecule has 1 aromatic rings. The zero-order valence-corrected chi connectivity index (χ0v) is 9.27. The molecule has 0 aliphatic rings. The minimum absolute atomic E-state index is 0.0172. The monoisotopic (exact) mass is 207 g/mol. The van der Waals surface area contributed by atoms with Crippen molar-refractivity contribution >= 4 is 0 Å². The van der Waals surface area contributed by atoms with E-state index in [9.17, 15) is 0 Å². The Bertz CT molecular complexity index is 349. The van der Waals surface area contributed by atoms with Crippen LogP contribution in [-0.2, 0) is 13.2 Å². The molecule has 4 nitrogen and oxygen atoms in total. The normalized spacial score (nSPS) is 11.3. The summed E-state index contributed by atoms with van der Waals surface area (Å²) in [4.78, 5) is 4.02. The minimum atomic E-state index is -0.250. The van der Waals surface area contributed by atoms with Gasteiger partial charge in [-0.05, 0) is 26.7 Å². The fraction of sp³-hybridized carbons (Fsp3) is 0.636. The summed E-state index contributed by atoms with van der Waals surface area (Å²) in [5.41, 5.74) is 0.440. The topological polar surface area (TPSA) is 61.8 Å². The number of nitrogens with zero attached hydrogens (tertiary/aromatic N) is 3. The van der Waals surface area contributed by atoms with Crippen LogP contribution < -0.4 is 0 Å². The number of imidazole rings is 1. The maximum absolute atomic E-state index is 8.83. The maximum Gasteiger partial charge on any atom is 0.0950 e. The van der Waals surface area contributed by atoms with E-state index in [0.29, 0.717) is 5.69 Å². The molecule has 0 unspecified atom stereocenters. The molecule has 0 bridgehead atoms. The van der Waals surface area contributed by atoms with E-state index in [2.05, 4.69) is 11.1 Å². The second-order valence-electron chi connectivity index (χ2n) is 4.36. The SMILES string of the molecule is CC(C)(C#N)CCCn1cnc(CO)c1. The number of aliphatic hydroxyl groups is 1. The largest absolute Gasteiger partial charge is 0.390 e. The van der Waals surface area contributed by atoms with Gasteiger partial charge in [-0.2, -0.15) is 5.26 Å². The lowest BCUT2D eigenvalue weighted by Crippen LogP contribution is -2.09. The Morgan fingerprint density at radius 1 is 1.60 bits per heavy atom. The molecule has 0 amide bonds. The molecule has 0 atom stereocenters. The molecule has 0 fully saturated rings. The summed E-state index contributed by atoms with van der Waals surface area (Å²) in [5, 5.41) is 17.7. The lowest BCUT2D eigenvalue weighted by Gasteiger charge is -2.14. The van der Waals surface area contributed by atoms with Gasteiger partial charge in [-0.1, -0.05) is 0 Å². The van der Waals surface area contributed by atoms with Crippen LogP contribution in [0.25, 0.3) is 0 Å². The van der Waals surface area contributed by atoms with E-state index < -0.39 is 0 Å². The Hall–Kier alpha value is -1.34. The Morgan fingerprint density at radius 2 is 2.33 bits per heavy atom. The van der Waals surface area contributed by atoms with E-state index in [-0.39, 0.29) is 12.0 Å². The van der Waals surface area contributed by atoms with Gasteiger partial charge in [0.05, 0.1) is 30.1 Å². The van der Waals surface area contributed by atoms with Crippen LogP contribution in [0.3, 0.4) is 0 Å². The molecule has 0 aliphatic heterocycles. The van der Waals surface area contributed by atoms with Gasteiger partial charge in [-0.3, -0.25) is 0 Å². The molecule has 0 saturated heterocycles. The molecule has 0 saturated carbocycles. The van der Waals surface area contributed by atoms with E-state index in [1.165, 1.54) is 0 Å². The lowest BCUT2D eigenvalue weighted by atomic mass is 9.90. The Labute approximate surface area is 90.2 Å². The van der Waals surface area contributed by atoms with Crippen molar-refractivity contribution in [3.05, 3.63) is 18.2 Å². The van der Waals surface area contributed by atoms with Gasteiger partial charge in [-0.25, -0.2) is 4.98 Å². The van der Waals surface area contributed by atoms with Gasteiger partial charge in [0.25, 0.3) is 0 Å². The van der Waals surface area contributed by atoms with Crippen molar-refractivity contribution in [2.24, 2.45) is 5.41 Å². The first kappa shape index (κ1) is 11.7. The molecular formula is C11H17N3O. The number of rotatable bonds is 5. The Balaban J connectivity index is 2.35.